The Balaban J connectivity index is 1.36. The largest absolute Gasteiger partial charge is 0.440 e. The number of amides is 2. The molecule has 0 saturated carbocycles. The number of piperazine rings is 1. The number of nitrogens with one attached hydrogen (secondary N) is 2. The van der Waals surface area contributed by atoms with E-state index >= 15 is 0 Å². The van der Waals surface area contributed by atoms with Gasteiger partial charge in [0.15, 0.2) is 0 Å². The van der Waals surface area contributed by atoms with Crippen molar-refractivity contribution < 1.29 is 14.0 Å². The predicted octanol–water partition coefficient (Wildman–Crippen LogP) is 0.976. The van der Waals surface area contributed by atoms with E-state index in [0.29, 0.717) is 42.2 Å². The van der Waals surface area contributed by atoms with Gasteiger partial charge in [-0.05, 0) is 38.8 Å². The number of fused-ring (bicyclic) bond motifs is 4. The van der Waals surface area contributed by atoms with Crippen molar-refractivity contribution in [3.63, 3.8) is 0 Å². The first-order chi connectivity index (χ1) is 13.6. The molecule has 2 atom stereocenters. The van der Waals surface area contributed by atoms with Crippen molar-refractivity contribution in [3.8, 4) is 0 Å². The van der Waals surface area contributed by atoms with Crippen LogP contribution >= 0.6 is 0 Å². The quantitative estimate of drug-likeness (QED) is 0.821. The first-order valence-electron chi connectivity index (χ1n) is 10.1. The van der Waals surface area contributed by atoms with Crippen LogP contribution in [-0.4, -0.2) is 66.5 Å². The highest BCUT2D eigenvalue weighted by atomic mass is 16.4. The van der Waals surface area contributed by atoms with Crippen molar-refractivity contribution in [3.05, 3.63) is 24.0 Å². The van der Waals surface area contributed by atoms with E-state index in [1.807, 2.05) is 6.07 Å². The Labute approximate surface area is 163 Å². The number of aromatic nitrogens is 1. The summed E-state index contributed by atoms with van der Waals surface area (Å²) in [7, 11) is 0. The van der Waals surface area contributed by atoms with Gasteiger partial charge in [-0.25, -0.2) is 0 Å². The van der Waals surface area contributed by atoms with Gasteiger partial charge in [0.1, 0.15) is 11.3 Å². The number of nitrogens with zero attached hydrogens (tertiary/aromatic N) is 3. The highest BCUT2D eigenvalue weighted by Crippen LogP contribution is 2.32. The van der Waals surface area contributed by atoms with Crippen LogP contribution in [-0.2, 0) is 4.79 Å². The number of pyridine rings is 1. The third kappa shape index (κ3) is 2.97. The summed E-state index contributed by atoms with van der Waals surface area (Å²) >= 11 is 0. The smallest absolute Gasteiger partial charge is 0.270 e. The third-order valence-electron chi connectivity index (χ3n) is 6.45. The second-order valence-corrected chi connectivity index (χ2v) is 8.03. The molecule has 0 aliphatic carbocycles. The van der Waals surface area contributed by atoms with Gasteiger partial charge in [-0.15, -0.1) is 0 Å². The van der Waals surface area contributed by atoms with Gasteiger partial charge in [0.25, 0.3) is 5.91 Å². The standard InChI is InChI=1S/C20H25N5O3/c1-12-19(13-2-5-24(12)6-3-13)23-20(27)15-9-16-14(10-22-15)8-18(28-16)25-7-4-21-11-17(25)26/h8-10,12-13,19,21H,2-7,11H2,1H3,(H,23,27)/t12-,19-/m0/s1. The highest BCUT2D eigenvalue weighted by molar-refractivity contribution is 5.98. The summed E-state index contributed by atoms with van der Waals surface area (Å²) in [6.45, 7) is 6.05. The van der Waals surface area contributed by atoms with E-state index in [9.17, 15) is 9.59 Å². The van der Waals surface area contributed by atoms with Gasteiger partial charge in [-0.3, -0.25) is 24.4 Å². The molecule has 0 unspecified atom stereocenters. The zero-order valence-corrected chi connectivity index (χ0v) is 16.0. The Kier molecular flexibility index (Phi) is 4.32. The summed E-state index contributed by atoms with van der Waals surface area (Å²) < 4.78 is 5.88. The Bertz CT molecular complexity index is 916. The molecule has 2 aromatic heterocycles. The van der Waals surface area contributed by atoms with E-state index in [1.165, 1.54) is 0 Å². The maximum atomic E-state index is 12.8. The maximum absolute atomic E-state index is 12.8. The lowest BCUT2D eigenvalue weighted by atomic mass is 9.79. The Morgan fingerprint density at radius 1 is 1.29 bits per heavy atom. The topological polar surface area (TPSA) is 90.7 Å². The first-order valence-corrected chi connectivity index (χ1v) is 10.1. The fourth-order valence-electron chi connectivity index (χ4n) is 4.79. The van der Waals surface area contributed by atoms with E-state index in [0.717, 1.165) is 37.9 Å². The van der Waals surface area contributed by atoms with Crippen molar-refractivity contribution in [1.29, 1.82) is 0 Å². The molecule has 0 radical (unpaired) electrons. The number of anilines is 1. The SMILES string of the molecule is C[C@H]1[C@H](NC(=O)c2cc3oc(N4CCNCC4=O)cc3cn2)C2CCN1CC2. The van der Waals surface area contributed by atoms with Crippen LogP contribution in [0.15, 0.2) is 22.7 Å². The number of hydrogen-bond donors (Lipinski definition) is 2. The van der Waals surface area contributed by atoms with Crippen molar-refractivity contribution in [2.45, 2.75) is 31.8 Å². The van der Waals surface area contributed by atoms with Crippen LogP contribution in [0.1, 0.15) is 30.3 Å². The fourth-order valence-corrected chi connectivity index (χ4v) is 4.79. The molecule has 4 fully saturated rings. The minimum atomic E-state index is -0.163. The summed E-state index contributed by atoms with van der Waals surface area (Å²) in [6.07, 6.45) is 3.92. The van der Waals surface area contributed by atoms with Crippen LogP contribution in [0.5, 0.6) is 0 Å². The van der Waals surface area contributed by atoms with E-state index < -0.39 is 0 Å². The van der Waals surface area contributed by atoms with E-state index in [-0.39, 0.29) is 17.9 Å². The Morgan fingerprint density at radius 2 is 2.11 bits per heavy atom. The van der Waals surface area contributed by atoms with Gasteiger partial charge in [0, 0.05) is 48.9 Å². The van der Waals surface area contributed by atoms with Gasteiger partial charge >= 0.3 is 0 Å². The molecule has 6 rings (SSSR count). The van der Waals surface area contributed by atoms with E-state index in [4.69, 9.17) is 4.42 Å². The lowest BCUT2D eigenvalue weighted by molar-refractivity contribution is -0.118. The van der Waals surface area contributed by atoms with Crippen molar-refractivity contribution in [2.24, 2.45) is 5.92 Å². The molecule has 2 N–H and O–H groups in total. The minimum Gasteiger partial charge on any atom is -0.440 e. The van der Waals surface area contributed by atoms with E-state index in [2.05, 4.69) is 27.4 Å². The molecule has 2 bridgehead atoms. The van der Waals surface area contributed by atoms with Crippen LogP contribution in [0.4, 0.5) is 5.88 Å². The molecule has 8 nitrogen and oxygen atoms in total. The molecule has 8 heteroatoms. The molecule has 2 aromatic rings. The molecule has 28 heavy (non-hydrogen) atoms. The number of carbonyl (C=O) groups excluding carboxylic acids is 2. The zero-order valence-electron chi connectivity index (χ0n) is 16.0. The number of furan rings is 1. The van der Waals surface area contributed by atoms with Crippen molar-refractivity contribution >= 4 is 28.7 Å². The summed E-state index contributed by atoms with van der Waals surface area (Å²) in [5.41, 5.74) is 0.923. The van der Waals surface area contributed by atoms with Gasteiger partial charge in [-0.1, -0.05) is 0 Å². The lowest BCUT2D eigenvalue weighted by Crippen LogP contribution is -2.62. The zero-order chi connectivity index (χ0) is 19.3. The second-order valence-electron chi connectivity index (χ2n) is 8.03. The average Bonchev–Trinajstić information content (AvgIpc) is 3.14. The third-order valence-corrected chi connectivity index (χ3v) is 6.45. The highest BCUT2D eigenvalue weighted by Gasteiger charge is 2.40. The molecular formula is C20H25N5O3. The van der Waals surface area contributed by atoms with Gasteiger partial charge in [0.05, 0.1) is 6.54 Å². The van der Waals surface area contributed by atoms with Gasteiger partial charge < -0.3 is 15.1 Å². The van der Waals surface area contributed by atoms with Crippen LogP contribution < -0.4 is 15.5 Å². The van der Waals surface area contributed by atoms with Gasteiger partial charge in [0.2, 0.25) is 11.8 Å². The molecule has 0 aromatic carbocycles. The van der Waals surface area contributed by atoms with Crippen LogP contribution in [0.3, 0.4) is 0 Å². The maximum Gasteiger partial charge on any atom is 0.270 e. The summed E-state index contributed by atoms with van der Waals surface area (Å²) in [5.74, 6) is 0.866. The summed E-state index contributed by atoms with van der Waals surface area (Å²) in [6, 6.07) is 4.00. The monoisotopic (exact) mass is 383 g/mol. The number of piperidine rings is 3. The normalized spacial score (nSPS) is 30.0. The van der Waals surface area contributed by atoms with Crippen LogP contribution in [0, 0.1) is 5.92 Å². The van der Waals surface area contributed by atoms with Gasteiger partial charge in [-0.2, -0.15) is 0 Å². The minimum absolute atomic E-state index is 0.0208. The first kappa shape index (κ1) is 17.6. The van der Waals surface area contributed by atoms with Crippen LogP contribution in [0.25, 0.3) is 11.0 Å². The molecule has 148 valence electrons. The Hall–Kier alpha value is -2.45. The molecule has 4 aliphatic rings. The van der Waals surface area contributed by atoms with Crippen molar-refractivity contribution in [1.82, 2.24) is 20.5 Å². The van der Waals surface area contributed by atoms with Crippen molar-refractivity contribution in [2.75, 3.05) is 37.6 Å². The molecule has 6 heterocycles. The summed E-state index contributed by atoms with van der Waals surface area (Å²) in [4.78, 5) is 33.3. The van der Waals surface area contributed by atoms with E-state index in [1.54, 1.807) is 17.2 Å². The lowest BCUT2D eigenvalue weighted by Gasteiger charge is -2.49. The molecule has 2 amide bonds. The molecule has 4 aliphatic heterocycles. The second kappa shape index (κ2) is 6.86. The number of rotatable bonds is 3. The van der Waals surface area contributed by atoms with Crippen LogP contribution in [0.2, 0.25) is 0 Å². The summed E-state index contributed by atoms with van der Waals surface area (Å²) in [5, 5.41) is 7.03. The number of hydrogen-bond acceptors (Lipinski definition) is 6. The Morgan fingerprint density at radius 3 is 2.86 bits per heavy atom. The predicted molar refractivity (Wildman–Crippen MR) is 104 cm³/mol. The molecule has 0 spiro atoms. The average molecular weight is 383 g/mol. The molecule has 4 saturated heterocycles. The number of carbonyl (C=O) groups is 2. The molecular weight excluding hydrogens is 358 g/mol. The fraction of sp³-hybridized carbons (Fsp3) is 0.550.